The molecule has 0 fully saturated rings. The van der Waals surface area contributed by atoms with Crippen LogP contribution in [-0.2, 0) is 6.54 Å². The Morgan fingerprint density at radius 2 is 1.68 bits per heavy atom. The molecule has 1 aromatic heterocycles. The number of ether oxygens (including phenoxy) is 3. The lowest BCUT2D eigenvalue weighted by atomic mass is 10.3. The molecule has 0 atom stereocenters. The van der Waals surface area contributed by atoms with Crippen molar-refractivity contribution in [3.05, 3.63) is 36.3 Å². The summed E-state index contributed by atoms with van der Waals surface area (Å²) < 4.78 is 16.2. The molecule has 1 heterocycles. The molecule has 0 amide bonds. The van der Waals surface area contributed by atoms with E-state index in [1.54, 1.807) is 32.5 Å². The summed E-state index contributed by atoms with van der Waals surface area (Å²) in [5.74, 6) is 1.89. The summed E-state index contributed by atoms with van der Waals surface area (Å²) in [5, 5.41) is 0. The zero-order chi connectivity index (χ0) is 13.7. The molecule has 0 radical (unpaired) electrons. The molecule has 2 N–H and O–H groups in total. The van der Waals surface area contributed by atoms with Gasteiger partial charge in [0.25, 0.3) is 0 Å². The highest BCUT2D eigenvalue weighted by Crippen LogP contribution is 2.39. The van der Waals surface area contributed by atoms with Crippen molar-refractivity contribution in [3.63, 3.8) is 0 Å². The van der Waals surface area contributed by atoms with Gasteiger partial charge >= 0.3 is 0 Å². The summed E-state index contributed by atoms with van der Waals surface area (Å²) >= 11 is 0. The van der Waals surface area contributed by atoms with Crippen LogP contribution in [0.4, 0.5) is 0 Å². The maximum atomic E-state index is 5.74. The van der Waals surface area contributed by atoms with Gasteiger partial charge in [-0.25, -0.2) is 4.98 Å². The number of aromatic nitrogens is 2. The molecule has 0 aliphatic rings. The van der Waals surface area contributed by atoms with Crippen LogP contribution in [0.2, 0.25) is 0 Å². The fourth-order valence-electron chi connectivity index (χ4n) is 1.59. The number of nitrogens with two attached hydrogens (primary N) is 1. The van der Waals surface area contributed by atoms with E-state index in [1.807, 2.05) is 6.07 Å². The first-order valence-corrected chi connectivity index (χ1v) is 5.69. The van der Waals surface area contributed by atoms with E-state index in [4.69, 9.17) is 19.9 Å². The summed E-state index contributed by atoms with van der Waals surface area (Å²) in [4.78, 5) is 8.23. The molecule has 0 spiro atoms. The SMILES string of the molecule is COc1cccc(OC)c1Oc1nccnc1CN. The Kier molecular flexibility index (Phi) is 4.15. The number of benzene rings is 1. The number of methoxy groups -OCH3 is 2. The average Bonchev–Trinajstić information content (AvgIpc) is 2.48. The lowest BCUT2D eigenvalue weighted by Gasteiger charge is -2.14. The zero-order valence-corrected chi connectivity index (χ0v) is 10.8. The van der Waals surface area contributed by atoms with E-state index in [0.717, 1.165) is 0 Å². The summed E-state index contributed by atoms with van der Waals surface area (Å²) in [6, 6.07) is 5.36. The van der Waals surface area contributed by atoms with Crippen LogP contribution in [0.3, 0.4) is 0 Å². The van der Waals surface area contributed by atoms with Crippen molar-refractivity contribution in [2.24, 2.45) is 5.73 Å². The van der Waals surface area contributed by atoms with Gasteiger partial charge in [-0.05, 0) is 12.1 Å². The topological polar surface area (TPSA) is 79.5 Å². The van der Waals surface area contributed by atoms with E-state index in [1.165, 1.54) is 6.20 Å². The van der Waals surface area contributed by atoms with Gasteiger partial charge in [-0.3, -0.25) is 4.98 Å². The maximum absolute atomic E-state index is 5.74. The molecule has 0 saturated heterocycles. The van der Waals surface area contributed by atoms with Gasteiger partial charge in [0.15, 0.2) is 11.5 Å². The van der Waals surface area contributed by atoms with Crippen LogP contribution in [0.5, 0.6) is 23.1 Å². The third-order valence-electron chi connectivity index (χ3n) is 2.51. The van der Waals surface area contributed by atoms with Gasteiger partial charge in [0.1, 0.15) is 5.69 Å². The minimum Gasteiger partial charge on any atom is -0.493 e. The van der Waals surface area contributed by atoms with Crippen LogP contribution >= 0.6 is 0 Å². The number of hydrogen-bond acceptors (Lipinski definition) is 6. The summed E-state index contributed by atoms with van der Waals surface area (Å²) in [6.45, 7) is 0.237. The van der Waals surface area contributed by atoms with Crippen LogP contribution in [0.1, 0.15) is 5.69 Å². The number of para-hydroxylation sites is 1. The fraction of sp³-hybridized carbons (Fsp3) is 0.231. The van der Waals surface area contributed by atoms with Crippen molar-refractivity contribution >= 4 is 0 Å². The van der Waals surface area contributed by atoms with Crippen molar-refractivity contribution < 1.29 is 14.2 Å². The Balaban J connectivity index is 2.42. The molecule has 0 aliphatic heterocycles. The largest absolute Gasteiger partial charge is 0.493 e. The number of rotatable bonds is 5. The van der Waals surface area contributed by atoms with Gasteiger partial charge < -0.3 is 19.9 Å². The normalized spacial score (nSPS) is 10.1. The highest BCUT2D eigenvalue weighted by atomic mass is 16.5. The molecule has 6 heteroatoms. The lowest BCUT2D eigenvalue weighted by molar-refractivity contribution is 0.339. The van der Waals surface area contributed by atoms with Crippen LogP contribution in [0.15, 0.2) is 30.6 Å². The molecule has 0 bridgehead atoms. The third kappa shape index (κ3) is 2.74. The molecule has 6 nitrogen and oxygen atoms in total. The van der Waals surface area contributed by atoms with Crippen LogP contribution in [0.25, 0.3) is 0 Å². The fourth-order valence-corrected chi connectivity index (χ4v) is 1.59. The molecular formula is C13H15N3O3. The predicted octanol–water partition coefficient (Wildman–Crippen LogP) is 1.74. The molecule has 1 aromatic carbocycles. The van der Waals surface area contributed by atoms with E-state index in [-0.39, 0.29) is 6.54 Å². The first kappa shape index (κ1) is 13.1. The van der Waals surface area contributed by atoms with E-state index < -0.39 is 0 Å². The quantitative estimate of drug-likeness (QED) is 0.883. The minimum absolute atomic E-state index is 0.237. The molecule has 0 saturated carbocycles. The van der Waals surface area contributed by atoms with Gasteiger partial charge in [-0.2, -0.15) is 0 Å². The Morgan fingerprint density at radius 1 is 1.05 bits per heavy atom. The van der Waals surface area contributed by atoms with Gasteiger partial charge in [-0.1, -0.05) is 6.07 Å². The minimum atomic E-state index is 0.237. The molecule has 2 rings (SSSR count). The lowest BCUT2D eigenvalue weighted by Crippen LogP contribution is -2.04. The molecule has 19 heavy (non-hydrogen) atoms. The Morgan fingerprint density at radius 3 is 2.26 bits per heavy atom. The van der Waals surface area contributed by atoms with Crippen molar-refractivity contribution in [1.82, 2.24) is 9.97 Å². The summed E-state index contributed by atoms with van der Waals surface area (Å²) in [6.07, 6.45) is 3.10. The highest BCUT2D eigenvalue weighted by Gasteiger charge is 2.15. The number of nitrogens with zero attached hydrogens (tertiary/aromatic N) is 2. The Hall–Kier alpha value is -2.34. The van der Waals surface area contributed by atoms with Crippen molar-refractivity contribution in [2.45, 2.75) is 6.54 Å². The van der Waals surface area contributed by atoms with Crippen molar-refractivity contribution in [3.8, 4) is 23.1 Å². The monoisotopic (exact) mass is 261 g/mol. The van der Waals surface area contributed by atoms with E-state index >= 15 is 0 Å². The van der Waals surface area contributed by atoms with Crippen molar-refractivity contribution in [1.29, 1.82) is 0 Å². The van der Waals surface area contributed by atoms with Gasteiger partial charge in [0, 0.05) is 18.9 Å². The summed E-state index contributed by atoms with van der Waals surface area (Å²) in [7, 11) is 3.12. The highest BCUT2D eigenvalue weighted by molar-refractivity contribution is 5.52. The Bertz CT molecular complexity index is 538. The van der Waals surface area contributed by atoms with E-state index in [2.05, 4.69) is 9.97 Å². The standard InChI is InChI=1S/C13H15N3O3/c1-17-10-4-3-5-11(18-2)12(10)19-13-9(8-14)15-6-7-16-13/h3-7H,8,14H2,1-2H3. The maximum Gasteiger partial charge on any atom is 0.242 e. The first-order valence-electron chi connectivity index (χ1n) is 5.69. The molecule has 0 unspecified atom stereocenters. The van der Waals surface area contributed by atoms with Crippen LogP contribution < -0.4 is 19.9 Å². The molecular weight excluding hydrogens is 246 g/mol. The van der Waals surface area contributed by atoms with Crippen LogP contribution in [0, 0.1) is 0 Å². The van der Waals surface area contributed by atoms with Gasteiger partial charge in [-0.15, -0.1) is 0 Å². The van der Waals surface area contributed by atoms with E-state index in [0.29, 0.717) is 28.8 Å². The second-order valence-corrected chi connectivity index (χ2v) is 3.61. The predicted molar refractivity (Wildman–Crippen MR) is 69.5 cm³/mol. The first-order chi connectivity index (χ1) is 9.30. The Labute approximate surface area is 111 Å². The van der Waals surface area contributed by atoms with E-state index in [9.17, 15) is 0 Å². The third-order valence-corrected chi connectivity index (χ3v) is 2.51. The second-order valence-electron chi connectivity index (χ2n) is 3.61. The average molecular weight is 261 g/mol. The smallest absolute Gasteiger partial charge is 0.242 e. The number of hydrogen-bond donors (Lipinski definition) is 1. The zero-order valence-electron chi connectivity index (χ0n) is 10.8. The van der Waals surface area contributed by atoms with Gasteiger partial charge in [0.05, 0.1) is 14.2 Å². The second kappa shape index (κ2) is 6.01. The van der Waals surface area contributed by atoms with Crippen LogP contribution in [-0.4, -0.2) is 24.2 Å². The molecule has 2 aromatic rings. The summed E-state index contributed by atoms with van der Waals surface area (Å²) in [5.41, 5.74) is 6.17. The van der Waals surface area contributed by atoms with Crippen molar-refractivity contribution in [2.75, 3.05) is 14.2 Å². The van der Waals surface area contributed by atoms with Gasteiger partial charge in [0.2, 0.25) is 11.6 Å². The molecule has 0 aliphatic carbocycles. The molecule has 100 valence electrons.